The van der Waals surface area contributed by atoms with Gasteiger partial charge < -0.3 is 5.11 Å². The van der Waals surface area contributed by atoms with Crippen molar-refractivity contribution in [3.63, 3.8) is 0 Å². The molecule has 0 heterocycles. The molecule has 1 nitrogen and oxygen atoms in total. The second kappa shape index (κ2) is 12.4. The lowest BCUT2D eigenvalue weighted by Gasteiger charge is -2.28. The third kappa shape index (κ3) is 7.42. The predicted octanol–water partition coefficient (Wildman–Crippen LogP) is 7.44. The minimum Gasteiger partial charge on any atom is -0.508 e. The lowest BCUT2D eigenvalue weighted by Crippen LogP contribution is -2.14. The van der Waals surface area contributed by atoms with E-state index in [2.05, 4.69) is 32.9 Å². The highest BCUT2D eigenvalue weighted by atomic mass is 16.3. The molecule has 1 heteroatoms. The average Bonchev–Trinajstić information content (AvgIpc) is 2.55. The maximum absolute atomic E-state index is 10.3. The maximum atomic E-state index is 10.3. The molecule has 0 aliphatic heterocycles. The highest BCUT2D eigenvalue weighted by Crippen LogP contribution is 2.39. The Kier molecular flexibility index (Phi) is 10.9. The lowest BCUT2D eigenvalue weighted by atomic mass is 9.77. The topological polar surface area (TPSA) is 20.2 Å². The van der Waals surface area contributed by atoms with Crippen molar-refractivity contribution in [2.45, 2.75) is 97.3 Å². The van der Waals surface area contributed by atoms with E-state index in [0.29, 0.717) is 17.6 Å². The fourth-order valence-corrected chi connectivity index (χ4v) is 3.88. The third-order valence-corrected chi connectivity index (χ3v) is 5.09. The summed E-state index contributed by atoms with van der Waals surface area (Å²) in [5.74, 6) is 1.75. The number of unbranched alkanes of at least 4 members (excludes halogenated alkanes) is 5. The van der Waals surface area contributed by atoms with E-state index in [1.54, 1.807) is 0 Å². The molecule has 0 saturated carbocycles. The summed E-state index contributed by atoms with van der Waals surface area (Å²) < 4.78 is 0. The van der Waals surface area contributed by atoms with Gasteiger partial charge in [-0.2, -0.15) is 0 Å². The summed E-state index contributed by atoms with van der Waals surface area (Å²) >= 11 is 0. The van der Waals surface area contributed by atoms with Gasteiger partial charge in [0.25, 0.3) is 0 Å². The fraction of sp³-hybridized carbons (Fsp3) is 0.727. The Morgan fingerprint density at radius 2 is 1.35 bits per heavy atom. The number of phenolic OH excluding ortho intramolecular Hbond substituents is 1. The number of benzene rings is 1. The highest BCUT2D eigenvalue weighted by Gasteiger charge is 2.23. The van der Waals surface area contributed by atoms with Crippen molar-refractivity contribution >= 4 is 0 Å². The molecule has 0 spiro atoms. The van der Waals surface area contributed by atoms with E-state index in [0.717, 1.165) is 0 Å². The zero-order chi connectivity index (χ0) is 16.9. The van der Waals surface area contributed by atoms with E-state index in [4.69, 9.17) is 0 Å². The molecule has 1 unspecified atom stereocenters. The van der Waals surface area contributed by atoms with E-state index in [-0.39, 0.29) is 0 Å². The average molecular weight is 319 g/mol. The van der Waals surface area contributed by atoms with E-state index in [1.165, 1.54) is 76.2 Å². The van der Waals surface area contributed by atoms with Gasteiger partial charge in [0.1, 0.15) is 5.75 Å². The van der Waals surface area contributed by atoms with Crippen LogP contribution in [0.3, 0.4) is 0 Å². The van der Waals surface area contributed by atoms with Gasteiger partial charge in [0, 0.05) is 0 Å². The summed E-state index contributed by atoms with van der Waals surface area (Å²) in [6, 6.07) is 8.03. The molecular formula is C22H38O. The van der Waals surface area contributed by atoms with Gasteiger partial charge in [-0.15, -0.1) is 0 Å². The molecule has 132 valence electrons. The molecule has 1 aromatic rings. The first kappa shape index (κ1) is 20.1. The van der Waals surface area contributed by atoms with Gasteiger partial charge in [-0.25, -0.2) is 0 Å². The minimum atomic E-state index is 0.501. The largest absolute Gasteiger partial charge is 0.508 e. The van der Waals surface area contributed by atoms with Gasteiger partial charge in [-0.05, 0) is 29.9 Å². The summed E-state index contributed by atoms with van der Waals surface area (Å²) in [4.78, 5) is 0. The first-order valence-corrected chi connectivity index (χ1v) is 10.0. The van der Waals surface area contributed by atoms with Gasteiger partial charge >= 0.3 is 0 Å². The zero-order valence-electron chi connectivity index (χ0n) is 15.7. The maximum Gasteiger partial charge on any atom is 0.119 e. The highest BCUT2D eigenvalue weighted by molar-refractivity contribution is 5.35. The molecule has 0 radical (unpaired) electrons. The van der Waals surface area contributed by atoms with Gasteiger partial charge in [0.05, 0.1) is 0 Å². The first-order chi connectivity index (χ1) is 11.2. The normalized spacial score (nSPS) is 12.7. The van der Waals surface area contributed by atoms with Gasteiger partial charge in [-0.3, -0.25) is 0 Å². The summed E-state index contributed by atoms with van der Waals surface area (Å²) in [6.07, 6.45) is 14.4. The van der Waals surface area contributed by atoms with Crippen LogP contribution >= 0.6 is 0 Å². The van der Waals surface area contributed by atoms with Crippen LogP contribution in [0, 0.1) is 5.92 Å². The van der Waals surface area contributed by atoms with Gasteiger partial charge in [-0.1, -0.05) is 103 Å². The smallest absolute Gasteiger partial charge is 0.119 e. The number of hydrogen-bond acceptors (Lipinski definition) is 1. The van der Waals surface area contributed by atoms with Gasteiger partial charge in [0.2, 0.25) is 0 Å². The molecule has 0 bridgehead atoms. The van der Waals surface area contributed by atoms with Crippen LogP contribution in [0.15, 0.2) is 24.3 Å². The lowest BCUT2D eigenvalue weighted by molar-refractivity contribution is 0.329. The summed E-state index contributed by atoms with van der Waals surface area (Å²) in [7, 11) is 0. The Morgan fingerprint density at radius 1 is 0.739 bits per heavy atom. The standard InChI is InChI=1S/C22H38O/c1-4-7-8-9-10-11-16-20(19(14-5-2)15-6-3)21-17-12-13-18-22(21)23/h12-13,17-20,23H,4-11,14-16H2,1-3H3. The van der Waals surface area contributed by atoms with Gasteiger partial charge in [0.15, 0.2) is 0 Å². The zero-order valence-corrected chi connectivity index (χ0v) is 15.7. The number of hydrogen-bond donors (Lipinski definition) is 1. The predicted molar refractivity (Wildman–Crippen MR) is 102 cm³/mol. The van der Waals surface area contributed by atoms with Crippen LogP contribution in [0.5, 0.6) is 5.75 Å². The second-order valence-electron chi connectivity index (χ2n) is 7.06. The van der Waals surface area contributed by atoms with E-state index in [9.17, 15) is 5.11 Å². The molecular weight excluding hydrogens is 280 g/mol. The Labute approximate surface area is 144 Å². The van der Waals surface area contributed by atoms with E-state index >= 15 is 0 Å². The van der Waals surface area contributed by atoms with Crippen LogP contribution in [-0.2, 0) is 0 Å². The quantitative estimate of drug-likeness (QED) is 0.375. The third-order valence-electron chi connectivity index (χ3n) is 5.09. The SMILES string of the molecule is CCCCCCCCC(c1ccccc1O)C(CCC)CCC. The summed E-state index contributed by atoms with van der Waals surface area (Å²) in [6.45, 7) is 6.85. The molecule has 0 aliphatic carbocycles. The van der Waals surface area contributed by atoms with E-state index < -0.39 is 0 Å². The molecule has 1 atom stereocenters. The molecule has 23 heavy (non-hydrogen) atoms. The van der Waals surface area contributed by atoms with Crippen LogP contribution < -0.4 is 0 Å². The number of aromatic hydroxyl groups is 1. The van der Waals surface area contributed by atoms with Crippen LogP contribution in [0.1, 0.15) is 103 Å². The van der Waals surface area contributed by atoms with Crippen molar-refractivity contribution in [1.29, 1.82) is 0 Å². The Balaban J connectivity index is 2.70. The minimum absolute atomic E-state index is 0.501. The fourth-order valence-electron chi connectivity index (χ4n) is 3.88. The number of rotatable bonds is 13. The second-order valence-corrected chi connectivity index (χ2v) is 7.06. The number of phenols is 1. The van der Waals surface area contributed by atoms with Crippen molar-refractivity contribution in [2.24, 2.45) is 5.92 Å². The molecule has 0 amide bonds. The molecule has 1 N–H and O–H groups in total. The molecule has 0 aliphatic rings. The Morgan fingerprint density at radius 3 is 1.96 bits per heavy atom. The van der Waals surface area contributed by atoms with Crippen molar-refractivity contribution in [3.05, 3.63) is 29.8 Å². The number of para-hydroxylation sites is 1. The van der Waals surface area contributed by atoms with Crippen molar-refractivity contribution in [2.75, 3.05) is 0 Å². The molecule has 1 rings (SSSR count). The monoisotopic (exact) mass is 318 g/mol. The summed E-state index contributed by atoms with van der Waals surface area (Å²) in [5, 5.41) is 10.3. The molecule has 0 saturated heterocycles. The van der Waals surface area contributed by atoms with Crippen molar-refractivity contribution in [3.8, 4) is 5.75 Å². The van der Waals surface area contributed by atoms with Crippen molar-refractivity contribution in [1.82, 2.24) is 0 Å². The van der Waals surface area contributed by atoms with Crippen molar-refractivity contribution < 1.29 is 5.11 Å². The molecule has 0 fully saturated rings. The first-order valence-electron chi connectivity index (χ1n) is 10.0. The molecule has 0 aromatic heterocycles. The van der Waals surface area contributed by atoms with Crippen LogP contribution in [-0.4, -0.2) is 5.11 Å². The molecule has 1 aromatic carbocycles. The Hall–Kier alpha value is -0.980. The van der Waals surface area contributed by atoms with Crippen LogP contribution in [0.4, 0.5) is 0 Å². The van der Waals surface area contributed by atoms with E-state index in [1.807, 2.05) is 12.1 Å². The van der Waals surface area contributed by atoms with Crippen LogP contribution in [0.25, 0.3) is 0 Å². The summed E-state index contributed by atoms with van der Waals surface area (Å²) in [5.41, 5.74) is 1.19. The Bertz CT molecular complexity index is 393. The van der Waals surface area contributed by atoms with Crippen LogP contribution in [0.2, 0.25) is 0 Å².